The highest BCUT2D eigenvalue weighted by Crippen LogP contribution is 2.23. The van der Waals surface area contributed by atoms with Gasteiger partial charge in [-0.2, -0.15) is 0 Å². The van der Waals surface area contributed by atoms with E-state index in [-0.39, 0.29) is 5.69 Å². The monoisotopic (exact) mass is 259 g/mol. The maximum Gasteiger partial charge on any atom is 0.149 e. The van der Waals surface area contributed by atoms with Crippen molar-refractivity contribution in [1.82, 2.24) is 0 Å². The molecule has 0 radical (unpaired) electrons. The van der Waals surface area contributed by atoms with Gasteiger partial charge in [0.25, 0.3) is 0 Å². The first kappa shape index (κ1) is 16.8. The predicted molar refractivity (Wildman–Crippen MR) is 72.1 cm³/mol. The molecule has 1 aliphatic heterocycles. The van der Waals surface area contributed by atoms with Crippen LogP contribution in [0.3, 0.4) is 0 Å². The number of nitrogens with zero attached hydrogens (tertiary/aromatic N) is 1. The van der Waals surface area contributed by atoms with E-state index in [1.165, 1.54) is 18.2 Å². The van der Waals surface area contributed by atoms with Crippen molar-refractivity contribution in [1.29, 1.82) is 0 Å². The fraction of sp³-hybridized carbons (Fsp3) is 0.571. The highest BCUT2D eigenvalue weighted by atomic mass is 19.1. The van der Waals surface area contributed by atoms with Crippen LogP contribution in [-0.2, 0) is 4.74 Å². The van der Waals surface area contributed by atoms with E-state index in [2.05, 4.69) is 0 Å². The van der Waals surface area contributed by atoms with E-state index in [0.717, 1.165) is 0 Å². The molecule has 0 aromatic heterocycles. The number of para-hydroxylation sites is 1. The first-order valence-corrected chi connectivity index (χ1v) is 6.56. The van der Waals surface area contributed by atoms with Gasteiger partial charge in [-0.3, -0.25) is 0 Å². The number of benzene rings is 1. The molecule has 1 aromatic rings. The normalized spacial score (nSPS) is 14.0. The molecule has 1 saturated heterocycles. The average Bonchev–Trinajstić information content (AvgIpc) is 2.44. The predicted octanol–water partition coefficient (Wildman–Crippen LogP) is 3.85. The number of morpholine rings is 1. The molecule has 0 spiro atoms. The van der Waals surface area contributed by atoms with Crippen LogP contribution in [0, 0.1) is 11.6 Å². The Morgan fingerprint density at radius 2 is 1.39 bits per heavy atom. The van der Waals surface area contributed by atoms with Crippen LogP contribution in [0.4, 0.5) is 14.5 Å². The summed E-state index contributed by atoms with van der Waals surface area (Å²) >= 11 is 0. The van der Waals surface area contributed by atoms with Crippen molar-refractivity contribution in [2.45, 2.75) is 27.7 Å². The molecule has 18 heavy (non-hydrogen) atoms. The van der Waals surface area contributed by atoms with Crippen LogP contribution in [0.5, 0.6) is 0 Å². The molecule has 4 heteroatoms. The van der Waals surface area contributed by atoms with Crippen molar-refractivity contribution in [2.24, 2.45) is 0 Å². The quantitative estimate of drug-likeness (QED) is 0.759. The maximum absolute atomic E-state index is 13.3. The van der Waals surface area contributed by atoms with Gasteiger partial charge >= 0.3 is 0 Å². The van der Waals surface area contributed by atoms with Gasteiger partial charge in [0.15, 0.2) is 0 Å². The summed E-state index contributed by atoms with van der Waals surface area (Å²) in [5.74, 6) is -1.02. The zero-order valence-corrected chi connectivity index (χ0v) is 11.7. The highest BCUT2D eigenvalue weighted by Gasteiger charge is 2.18. The lowest BCUT2D eigenvalue weighted by Crippen LogP contribution is -2.37. The molecule has 0 bridgehead atoms. The molecule has 0 saturated carbocycles. The van der Waals surface area contributed by atoms with Crippen LogP contribution in [-0.4, -0.2) is 26.3 Å². The van der Waals surface area contributed by atoms with Crippen molar-refractivity contribution in [3.63, 3.8) is 0 Å². The van der Waals surface area contributed by atoms with Crippen LogP contribution in [0.2, 0.25) is 0 Å². The molecule has 1 fully saturated rings. The third-order valence-electron chi connectivity index (χ3n) is 2.26. The Hall–Kier alpha value is -1.16. The highest BCUT2D eigenvalue weighted by molar-refractivity contribution is 5.49. The second kappa shape index (κ2) is 9.83. The van der Waals surface area contributed by atoms with Gasteiger partial charge < -0.3 is 9.64 Å². The summed E-state index contributed by atoms with van der Waals surface area (Å²) in [6.07, 6.45) is 0. The van der Waals surface area contributed by atoms with Crippen molar-refractivity contribution in [2.75, 3.05) is 31.2 Å². The summed E-state index contributed by atoms with van der Waals surface area (Å²) in [6.45, 7) is 10.1. The lowest BCUT2D eigenvalue weighted by atomic mass is 10.2. The van der Waals surface area contributed by atoms with Gasteiger partial charge in [-0.05, 0) is 12.1 Å². The second-order valence-electron chi connectivity index (χ2n) is 3.17. The largest absolute Gasteiger partial charge is 0.378 e. The lowest BCUT2D eigenvalue weighted by molar-refractivity contribution is 0.122. The molecule has 0 amide bonds. The summed E-state index contributed by atoms with van der Waals surface area (Å²) in [7, 11) is 0. The summed E-state index contributed by atoms with van der Waals surface area (Å²) < 4.78 is 31.7. The standard InChI is InChI=1S/C10H11F2NO.2C2H6/c11-8-2-1-3-9(12)10(8)13-4-6-14-7-5-13;2*1-2/h1-3H,4-7H2;2*1-2H3. The van der Waals surface area contributed by atoms with E-state index < -0.39 is 11.6 Å². The van der Waals surface area contributed by atoms with Crippen LogP contribution >= 0.6 is 0 Å². The Kier molecular flexibility index (Phi) is 9.19. The van der Waals surface area contributed by atoms with Crippen molar-refractivity contribution < 1.29 is 13.5 Å². The maximum atomic E-state index is 13.3. The topological polar surface area (TPSA) is 12.5 Å². The lowest BCUT2D eigenvalue weighted by Gasteiger charge is -2.29. The SMILES string of the molecule is CC.CC.Fc1cccc(F)c1N1CCOCC1. The fourth-order valence-electron chi connectivity index (χ4n) is 1.58. The molecule has 1 aliphatic rings. The van der Waals surface area contributed by atoms with Gasteiger partial charge in [0.1, 0.15) is 17.3 Å². The Balaban J connectivity index is 0.000000659. The Labute approximate surface area is 109 Å². The van der Waals surface area contributed by atoms with Gasteiger partial charge in [0, 0.05) is 13.1 Å². The summed E-state index contributed by atoms with van der Waals surface area (Å²) in [5, 5.41) is 0. The molecule has 0 aliphatic carbocycles. The van der Waals surface area contributed by atoms with Crippen LogP contribution < -0.4 is 4.90 Å². The minimum absolute atomic E-state index is 0.0656. The first-order chi connectivity index (χ1) is 8.79. The molecule has 1 heterocycles. The summed E-state index contributed by atoms with van der Waals surface area (Å²) in [4.78, 5) is 1.67. The van der Waals surface area contributed by atoms with E-state index in [0.29, 0.717) is 26.3 Å². The molecule has 104 valence electrons. The molecular weight excluding hydrogens is 236 g/mol. The number of ether oxygens (including phenoxy) is 1. The molecule has 2 rings (SSSR count). The van der Waals surface area contributed by atoms with Gasteiger partial charge in [-0.25, -0.2) is 8.78 Å². The minimum Gasteiger partial charge on any atom is -0.378 e. The van der Waals surface area contributed by atoms with Crippen molar-refractivity contribution in [3.8, 4) is 0 Å². The van der Waals surface area contributed by atoms with Gasteiger partial charge in [-0.1, -0.05) is 33.8 Å². The molecular formula is C14H23F2NO. The van der Waals surface area contributed by atoms with Gasteiger partial charge in [0.2, 0.25) is 0 Å². The van der Waals surface area contributed by atoms with Gasteiger partial charge in [0.05, 0.1) is 13.2 Å². The average molecular weight is 259 g/mol. The molecule has 0 N–H and O–H groups in total. The number of rotatable bonds is 1. The van der Waals surface area contributed by atoms with E-state index in [9.17, 15) is 8.78 Å². The summed E-state index contributed by atoms with van der Waals surface area (Å²) in [5.41, 5.74) is 0.0656. The van der Waals surface area contributed by atoms with E-state index in [1.807, 2.05) is 27.7 Å². The fourth-order valence-corrected chi connectivity index (χ4v) is 1.58. The van der Waals surface area contributed by atoms with Gasteiger partial charge in [-0.15, -0.1) is 0 Å². The Bertz CT molecular complexity index is 305. The number of anilines is 1. The molecule has 0 atom stereocenters. The van der Waals surface area contributed by atoms with E-state index in [1.54, 1.807) is 4.90 Å². The second-order valence-corrected chi connectivity index (χ2v) is 3.17. The number of hydrogen-bond acceptors (Lipinski definition) is 2. The van der Waals surface area contributed by atoms with Crippen LogP contribution in [0.1, 0.15) is 27.7 Å². The van der Waals surface area contributed by atoms with Crippen molar-refractivity contribution >= 4 is 5.69 Å². The molecule has 1 aromatic carbocycles. The summed E-state index contributed by atoms with van der Waals surface area (Å²) in [6, 6.07) is 3.91. The third-order valence-corrected chi connectivity index (χ3v) is 2.26. The Morgan fingerprint density at radius 3 is 1.83 bits per heavy atom. The number of hydrogen-bond donors (Lipinski definition) is 0. The molecule has 2 nitrogen and oxygen atoms in total. The van der Waals surface area contributed by atoms with Crippen LogP contribution in [0.25, 0.3) is 0 Å². The van der Waals surface area contributed by atoms with E-state index >= 15 is 0 Å². The van der Waals surface area contributed by atoms with Crippen molar-refractivity contribution in [3.05, 3.63) is 29.8 Å². The zero-order chi connectivity index (χ0) is 14.0. The van der Waals surface area contributed by atoms with Crippen LogP contribution in [0.15, 0.2) is 18.2 Å². The third kappa shape index (κ3) is 4.61. The smallest absolute Gasteiger partial charge is 0.149 e. The minimum atomic E-state index is -0.508. The Morgan fingerprint density at radius 1 is 0.944 bits per heavy atom. The molecule has 0 unspecified atom stereocenters. The van der Waals surface area contributed by atoms with E-state index in [4.69, 9.17) is 4.74 Å². The first-order valence-electron chi connectivity index (χ1n) is 6.56. The number of halogens is 2. The zero-order valence-electron chi connectivity index (χ0n) is 11.7.